The van der Waals surface area contributed by atoms with Gasteiger partial charge in [-0.25, -0.2) is 0 Å². The fourth-order valence-electron chi connectivity index (χ4n) is 1.81. The molecule has 0 N–H and O–H groups in total. The van der Waals surface area contributed by atoms with Crippen LogP contribution in [0.2, 0.25) is 0 Å². The molecule has 1 unspecified atom stereocenters. The molecule has 0 aromatic carbocycles. The first-order valence-corrected chi connectivity index (χ1v) is 6.09. The molecular weight excluding hydrogens is 202 g/mol. The fraction of sp³-hybridized carbons (Fsp3) is 0.700. The second kappa shape index (κ2) is 3.58. The van der Waals surface area contributed by atoms with Gasteiger partial charge < -0.3 is 0 Å². The molecule has 0 saturated heterocycles. The fourth-order valence-corrected chi connectivity index (χ4v) is 2.91. The molecule has 1 aliphatic rings. The second-order valence-electron chi connectivity index (χ2n) is 4.21. The molecule has 0 aliphatic heterocycles. The number of hydrogen-bond acceptors (Lipinski definition) is 2. The van der Waals surface area contributed by atoms with E-state index >= 15 is 0 Å². The summed E-state index contributed by atoms with van der Waals surface area (Å²) in [5.41, 5.74) is 2.21. The van der Waals surface area contributed by atoms with Crippen LogP contribution in [0.5, 0.6) is 0 Å². The quantitative estimate of drug-likeness (QED) is 0.703. The smallest absolute Gasteiger partial charge is 0.0794 e. The van der Waals surface area contributed by atoms with E-state index in [-0.39, 0.29) is 0 Å². The summed E-state index contributed by atoms with van der Waals surface area (Å²) in [6.07, 6.45) is 5.80. The molecule has 1 atom stereocenters. The third-order valence-corrected chi connectivity index (χ3v) is 4.32. The number of aromatic nitrogens is 1. The van der Waals surface area contributed by atoms with E-state index in [9.17, 15) is 0 Å². The number of rotatable bonds is 4. The highest BCUT2D eigenvalue weighted by molar-refractivity contribution is 7.09. The minimum Gasteiger partial charge on any atom is -0.253 e. The predicted octanol–water partition coefficient (Wildman–Crippen LogP) is 3.34. The zero-order valence-electron chi connectivity index (χ0n) is 7.79. The maximum Gasteiger partial charge on any atom is 0.0794 e. The van der Waals surface area contributed by atoms with Crippen molar-refractivity contribution in [2.24, 2.45) is 11.3 Å². The highest BCUT2D eigenvalue weighted by Gasteiger charge is 2.40. The molecule has 0 radical (unpaired) electrons. The van der Waals surface area contributed by atoms with Gasteiger partial charge in [-0.05, 0) is 30.6 Å². The van der Waals surface area contributed by atoms with Crippen LogP contribution in [0.4, 0.5) is 0 Å². The molecule has 1 aromatic heterocycles. The van der Waals surface area contributed by atoms with E-state index in [1.54, 1.807) is 11.3 Å². The summed E-state index contributed by atoms with van der Waals surface area (Å²) in [5, 5.41) is 0. The number of thiazole rings is 1. The zero-order valence-corrected chi connectivity index (χ0v) is 9.37. The summed E-state index contributed by atoms with van der Waals surface area (Å²) in [4.78, 5) is 5.47. The van der Waals surface area contributed by atoms with Gasteiger partial charge in [0.05, 0.1) is 5.51 Å². The summed E-state index contributed by atoms with van der Waals surface area (Å²) >= 11 is 7.79. The first kappa shape index (κ1) is 9.47. The monoisotopic (exact) mass is 215 g/mol. The van der Waals surface area contributed by atoms with Crippen molar-refractivity contribution in [2.45, 2.75) is 26.2 Å². The molecule has 1 nitrogen and oxygen atoms in total. The van der Waals surface area contributed by atoms with Gasteiger partial charge in [-0.15, -0.1) is 22.9 Å². The van der Waals surface area contributed by atoms with E-state index in [4.69, 9.17) is 11.6 Å². The lowest BCUT2D eigenvalue weighted by Gasteiger charge is -2.26. The molecule has 1 fully saturated rings. The standard InChI is InChI=1S/C10H14ClNS/c1-10(6-11,8-2-3-8)4-9-5-12-7-13-9/h5,7-8H,2-4,6H2,1H3. The first-order chi connectivity index (χ1) is 6.24. The second-order valence-corrected chi connectivity index (χ2v) is 5.44. The lowest BCUT2D eigenvalue weighted by atomic mass is 9.83. The lowest BCUT2D eigenvalue weighted by molar-refractivity contribution is 0.315. The third-order valence-electron chi connectivity index (χ3n) is 2.93. The average Bonchev–Trinajstić information content (AvgIpc) is 2.88. The molecule has 0 bridgehead atoms. The topological polar surface area (TPSA) is 12.9 Å². The maximum absolute atomic E-state index is 6.04. The van der Waals surface area contributed by atoms with Crippen molar-refractivity contribution in [1.29, 1.82) is 0 Å². The van der Waals surface area contributed by atoms with Gasteiger partial charge in [0.1, 0.15) is 0 Å². The van der Waals surface area contributed by atoms with Crippen LogP contribution in [0.3, 0.4) is 0 Å². The SMILES string of the molecule is CC(CCl)(Cc1cncs1)C1CC1. The Morgan fingerprint density at radius 3 is 2.92 bits per heavy atom. The minimum atomic E-state index is 0.314. The Morgan fingerprint density at radius 1 is 1.69 bits per heavy atom. The number of nitrogens with zero attached hydrogens (tertiary/aromatic N) is 1. The van der Waals surface area contributed by atoms with Gasteiger partial charge in [0, 0.05) is 17.0 Å². The van der Waals surface area contributed by atoms with Crippen molar-refractivity contribution in [2.75, 3.05) is 5.88 Å². The average molecular weight is 216 g/mol. The molecule has 1 saturated carbocycles. The van der Waals surface area contributed by atoms with Crippen molar-refractivity contribution in [3.8, 4) is 0 Å². The predicted molar refractivity (Wildman–Crippen MR) is 57.4 cm³/mol. The van der Waals surface area contributed by atoms with Crippen LogP contribution >= 0.6 is 22.9 Å². The normalized spacial score (nSPS) is 21.4. The first-order valence-electron chi connectivity index (χ1n) is 4.68. The van der Waals surface area contributed by atoms with Crippen LogP contribution in [0.25, 0.3) is 0 Å². The number of hydrogen-bond donors (Lipinski definition) is 0. The van der Waals surface area contributed by atoms with Crippen molar-refractivity contribution in [1.82, 2.24) is 4.98 Å². The van der Waals surface area contributed by atoms with Crippen LogP contribution < -0.4 is 0 Å². The molecule has 1 heterocycles. The molecule has 2 rings (SSSR count). The number of halogens is 1. The van der Waals surface area contributed by atoms with Crippen LogP contribution in [0, 0.1) is 11.3 Å². The molecule has 1 aliphatic carbocycles. The van der Waals surface area contributed by atoms with Crippen molar-refractivity contribution >= 4 is 22.9 Å². The summed E-state index contributed by atoms with van der Waals surface area (Å²) in [6, 6.07) is 0. The van der Waals surface area contributed by atoms with E-state index in [0.717, 1.165) is 18.2 Å². The van der Waals surface area contributed by atoms with Gasteiger partial charge in [0.25, 0.3) is 0 Å². The zero-order chi connectivity index (χ0) is 9.31. The lowest BCUT2D eigenvalue weighted by Crippen LogP contribution is -2.23. The van der Waals surface area contributed by atoms with Crippen molar-refractivity contribution < 1.29 is 0 Å². The van der Waals surface area contributed by atoms with Gasteiger partial charge in [0.2, 0.25) is 0 Å². The highest BCUT2D eigenvalue weighted by atomic mass is 35.5. The van der Waals surface area contributed by atoms with E-state index in [1.165, 1.54) is 17.7 Å². The van der Waals surface area contributed by atoms with Crippen LogP contribution in [-0.4, -0.2) is 10.9 Å². The van der Waals surface area contributed by atoms with Crippen LogP contribution in [-0.2, 0) is 6.42 Å². The Hall–Kier alpha value is -0.0800. The van der Waals surface area contributed by atoms with Gasteiger partial charge in [-0.3, -0.25) is 4.98 Å². The van der Waals surface area contributed by atoms with Gasteiger partial charge in [0.15, 0.2) is 0 Å². The Bertz CT molecular complexity index is 268. The molecule has 13 heavy (non-hydrogen) atoms. The van der Waals surface area contributed by atoms with Gasteiger partial charge >= 0.3 is 0 Å². The molecule has 3 heteroatoms. The summed E-state index contributed by atoms with van der Waals surface area (Å²) in [6.45, 7) is 2.30. The third kappa shape index (κ3) is 2.05. The van der Waals surface area contributed by atoms with Crippen LogP contribution in [0.15, 0.2) is 11.7 Å². The Labute approximate surface area is 88.1 Å². The van der Waals surface area contributed by atoms with E-state index < -0.39 is 0 Å². The minimum absolute atomic E-state index is 0.314. The van der Waals surface area contributed by atoms with E-state index in [0.29, 0.717) is 5.41 Å². The maximum atomic E-state index is 6.04. The van der Waals surface area contributed by atoms with Gasteiger partial charge in [-0.1, -0.05) is 6.92 Å². The van der Waals surface area contributed by atoms with E-state index in [1.807, 2.05) is 11.7 Å². The molecule has 0 spiro atoms. The molecule has 1 aromatic rings. The van der Waals surface area contributed by atoms with Gasteiger partial charge in [-0.2, -0.15) is 0 Å². The number of alkyl halides is 1. The molecule has 0 amide bonds. The Balaban J connectivity index is 2.05. The van der Waals surface area contributed by atoms with Crippen molar-refractivity contribution in [3.05, 3.63) is 16.6 Å². The van der Waals surface area contributed by atoms with E-state index in [2.05, 4.69) is 11.9 Å². The van der Waals surface area contributed by atoms with Crippen LogP contribution in [0.1, 0.15) is 24.6 Å². The summed E-state index contributed by atoms with van der Waals surface area (Å²) < 4.78 is 0. The van der Waals surface area contributed by atoms with Crippen molar-refractivity contribution in [3.63, 3.8) is 0 Å². The molecule has 72 valence electrons. The largest absolute Gasteiger partial charge is 0.253 e. The Morgan fingerprint density at radius 2 is 2.46 bits per heavy atom. The molecular formula is C10H14ClNS. The Kier molecular flexibility index (Phi) is 2.61. The summed E-state index contributed by atoms with van der Waals surface area (Å²) in [7, 11) is 0. The highest BCUT2D eigenvalue weighted by Crippen LogP contribution is 2.48. The summed E-state index contributed by atoms with van der Waals surface area (Å²) in [5.74, 6) is 1.63.